The highest BCUT2D eigenvalue weighted by Crippen LogP contribution is 2.19. The zero-order valence-corrected chi connectivity index (χ0v) is 13.3. The summed E-state index contributed by atoms with van der Waals surface area (Å²) in [6, 6.07) is 9.31. The Bertz CT molecular complexity index is 667. The molecule has 0 radical (unpaired) electrons. The predicted molar refractivity (Wildman–Crippen MR) is 86.5 cm³/mol. The van der Waals surface area contributed by atoms with Gasteiger partial charge in [-0.2, -0.15) is 5.10 Å². The van der Waals surface area contributed by atoms with Crippen molar-refractivity contribution >= 4 is 35.1 Å². The second-order valence-electron chi connectivity index (χ2n) is 4.47. The van der Waals surface area contributed by atoms with E-state index in [4.69, 9.17) is 16.3 Å². The summed E-state index contributed by atoms with van der Waals surface area (Å²) in [6.07, 6.45) is 1.55. The summed E-state index contributed by atoms with van der Waals surface area (Å²) >= 11 is 7.18. The minimum absolute atomic E-state index is 0.0783. The summed E-state index contributed by atoms with van der Waals surface area (Å²) in [5.41, 5.74) is 4.72. The zero-order chi connectivity index (χ0) is 15.2. The number of benzene rings is 1. The molecule has 0 atom stereocenters. The van der Waals surface area contributed by atoms with Crippen LogP contribution in [0.4, 0.5) is 0 Å². The molecule has 0 bridgehead atoms. The lowest BCUT2D eigenvalue weighted by atomic mass is 10.1. The van der Waals surface area contributed by atoms with Gasteiger partial charge in [0.15, 0.2) is 6.61 Å². The molecule has 2 aromatic rings. The second kappa shape index (κ2) is 7.24. The van der Waals surface area contributed by atoms with Crippen molar-refractivity contribution in [1.82, 2.24) is 5.43 Å². The van der Waals surface area contributed by atoms with Gasteiger partial charge in [-0.05, 0) is 49.2 Å². The number of rotatable bonds is 5. The molecule has 1 aromatic heterocycles. The van der Waals surface area contributed by atoms with Crippen molar-refractivity contribution in [2.75, 3.05) is 6.61 Å². The van der Waals surface area contributed by atoms with Crippen molar-refractivity contribution in [2.45, 2.75) is 13.8 Å². The molecule has 0 saturated carbocycles. The van der Waals surface area contributed by atoms with Gasteiger partial charge in [-0.25, -0.2) is 5.43 Å². The minimum Gasteiger partial charge on any atom is -0.484 e. The number of hydrogen-bond acceptors (Lipinski definition) is 4. The van der Waals surface area contributed by atoms with Gasteiger partial charge >= 0.3 is 0 Å². The Labute approximate surface area is 132 Å². The summed E-state index contributed by atoms with van der Waals surface area (Å²) in [7, 11) is 0. The summed E-state index contributed by atoms with van der Waals surface area (Å²) < 4.78 is 6.09. The first kappa shape index (κ1) is 15.5. The molecule has 6 heteroatoms. The van der Waals surface area contributed by atoms with Crippen LogP contribution < -0.4 is 10.2 Å². The molecule has 0 aliphatic heterocycles. The van der Waals surface area contributed by atoms with Gasteiger partial charge < -0.3 is 4.74 Å². The van der Waals surface area contributed by atoms with Crippen molar-refractivity contribution in [3.63, 3.8) is 0 Å². The van der Waals surface area contributed by atoms with Crippen molar-refractivity contribution in [2.24, 2.45) is 5.10 Å². The maximum Gasteiger partial charge on any atom is 0.277 e. The van der Waals surface area contributed by atoms with Crippen LogP contribution in [0.2, 0.25) is 4.34 Å². The fourth-order valence-electron chi connectivity index (χ4n) is 1.55. The first-order valence-corrected chi connectivity index (χ1v) is 7.51. The van der Waals surface area contributed by atoms with Crippen LogP contribution in [0.5, 0.6) is 5.75 Å². The molecule has 0 aliphatic rings. The molecule has 1 aromatic carbocycles. The number of carbonyl (C=O) groups is 1. The van der Waals surface area contributed by atoms with E-state index in [1.54, 1.807) is 12.3 Å². The first-order chi connectivity index (χ1) is 10.0. The molecule has 1 heterocycles. The van der Waals surface area contributed by atoms with Crippen molar-refractivity contribution in [3.05, 3.63) is 50.7 Å². The predicted octanol–water partition coefficient (Wildman–Crippen LogP) is 3.55. The maximum atomic E-state index is 11.6. The Morgan fingerprint density at radius 3 is 2.81 bits per heavy atom. The van der Waals surface area contributed by atoms with Crippen molar-refractivity contribution < 1.29 is 9.53 Å². The third-order valence-corrected chi connectivity index (χ3v) is 3.99. The third kappa shape index (κ3) is 4.88. The molecule has 1 amide bonds. The lowest BCUT2D eigenvalue weighted by Crippen LogP contribution is -2.24. The van der Waals surface area contributed by atoms with Gasteiger partial charge in [-0.15, -0.1) is 11.3 Å². The van der Waals surface area contributed by atoms with Crippen LogP contribution in [0, 0.1) is 13.8 Å². The number of ether oxygens (including phenoxy) is 1. The van der Waals surface area contributed by atoms with Crippen LogP contribution in [0.1, 0.15) is 16.0 Å². The molecule has 21 heavy (non-hydrogen) atoms. The summed E-state index contributed by atoms with van der Waals surface area (Å²) in [5.74, 6) is 0.356. The molecule has 4 nitrogen and oxygen atoms in total. The van der Waals surface area contributed by atoms with Crippen LogP contribution >= 0.6 is 22.9 Å². The van der Waals surface area contributed by atoms with E-state index < -0.39 is 0 Å². The molecule has 0 spiro atoms. The molecular formula is C15H15ClN2O2S. The van der Waals surface area contributed by atoms with Crippen molar-refractivity contribution in [1.29, 1.82) is 0 Å². The number of nitrogens with one attached hydrogen (secondary N) is 1. The van der Waals surface area contributed by atoms with Gasteiger partial charge in [-0.3, -0.25) is 4.79 Å². The van der Waals surface area contributed by atoms with E-state index in [9.17, 15) is 4.79 Å². The number of hydrogen-bond donors (Lipinski definition) is 1. The Morgan fingerprint density at radius 2 is 2.14 bits per heavy atom. The standard InChI is InChI=1S/C15H15ClN2O2S/c1-10-3-4-12(7-11(10)2)20-9-15(19)18-17-8-13-5-6-14(16)21-13/h3-8H,9H2,1-2H3,(H,18,19). The zero-order valence-electron chi connectivity index (χ0n) is 11.7. The van der Waals surface area contributed by atoms with Crippen LogP contribution in [-0.4, -0.2) is 18.7 Å². The fourth-order valence-corrected chi connectivity index (χ4v) is 2.48. The number of nitrogens with zero attached hydrogens (tertiary/aromatic N) is 1. The molecule has 0 fully saturated rings. The van der Waals surface area contributed by atoms with Crippen LogP contribution in [0.3, 0.4) is 0 Å². The van der Waals surface area contributed by atoms with E-state index in [1.165, 1.54) is 16.9 Å². The molecule has 0 saturated heterocycles. The number of hydrazone groups is 1. The van der Waals surface area contributed by atoms with E-state index in [-0.39, 0.29) is 12.5 Å². The normalized spacial score (nSPS) is 10.8. The molecule has 0 unspecified atom stereocenters. The van der Waals surface area contributed by atoms with Gasteiger partial charge in [0.2, 0.25) is 0 Å². The maximum absolute atomic E-state index is 11.6. The SMILES string of the molecule is Cc1ccc(OCC(=O)NN=Cc2ccc(Cl)s2)cc1C. The quantitative estimate of drug-likeness (QED) is 0.676. The van der Waals surface area contributed by atoms with E-state index >= 15 is 0 Å². The molecular weight excluding hydrogens is 308 g/mol. The van der Waals surface area contributed by atoms with E-state index in [0.717, 1.165) is 10.4 Å². The average Bonchev–Trinajstić information content (AvgIpc) is 2.86. The number of amides is 1. The number of carbonyl (C=O) groups excluding carboxylic acids is 1. The lowest BCUT2D eigenvalue weighted by Gasteiger charge is -2.07. The van der Waals surface area contributed by atoms with Gasteiger partial charge in [0.25, 0.3) is 5.91 Å². The highest BCUT2D eigenvalue weighted by atomic mass is 35.5. The van der Waals surface area contributed by atoms with Gasteiger partial charge in [0.1, 0.15) is 5.75 Å². The van der Waals surface area contributed by atoms with Crippen LogP contribution in [-0.2, 0) is 4.79 Å². The molecule has 0 aliphatic carbocycles. The van der Waals surface area contributed by atoms with Gasteiger partial charge in [-0.1, -0.05) is 17.7 Å². The minimum atomic E-state index is -0.313. The van der Waals surface area contributed by atoms with Crippen molar-refractivity contribution in [3.8, 4) is 5.75 Å². The highest BCUT2D eigenvalue weighted by Gasteiger charge is 2.02. The number of aryl methyl sites for hydroxylation is 2. The van der Waals surface area contributed by atoms with Gasteiger partial charge in [0.05, 0.1) is 10.6 Å². The first-order valence-electron chi connectivity index (χ1n) is 6.32. The Kier molecular flexibility index (Phi) is 5.36. The monoisotopic (exact) mass is 322 g/mol. The lowest BCUT2D eigenvalue weighted by molar-refractivity contribution is -0.123. The third-order valence-electron chi connectivity index (χ3n) is 2.82. The Hall–Kier alpha value is -1.85. The van der Waals surface area contributed by atoms with E-state index in [0.29, 0.717) is 10.1 Å². The number of thiophene rings is 1. The second-order valence-corrected chi connectivity index (χ2v) is 6.22. The van der Waals surface area contributed by atoms with Gasteiger partial charge in [0, 0.05) is 4.88 Å². The number of halogens is 1. The highest BCUT2D eigenvalue weighted by molar-refractivity contribution is 7.17. The largest absolute Gasteiger partial charge is 0.484 e. The van der Waals surface area contributed by atoms with E-state index in [1.807, 2.05) is 38.1 Å². The van der Waals surface area contributed by atoms with Crippen LogP contribution in [0.15, 0.2) is 35.4 Å². The Morgan fingerprint density at radius 1 is 1.33 bits per heavy atom. The molecule has 110 valence electrons. The Balaban J connectivity index is 1.79. The smallest absolute Gasteiger partial charge is 0.277 e. The summed E-state index contributed by atoms with van der Waals surface area (Å²) in [6.45, 7) is 3.95. The molecule has 2 rings (SSSR count). The van der Waals surface area contributed by atoms with E-state index in [2.05, 4.69) is 10.5 Å². The fraction of sp³-hybridized carbons (Fsp3) is 0.200. The van der Waals surface area contributed by atoms with Crippen LogP contribution in [0.25, 0.3) is 0 Å². The summed E-state index contributed by atoms with van der Waals surface area (Å²) in [4.78, 5) is 12.5. The average molecular weight is 323 g/mol. The summed E-state index contributed by atoms with van der Waals surface area (Å²) in [5, 5.41) is 3.85. The molecule has 1 N–H and O–H groups in total. The topological polar surface area (TPSA) is 50.7 Å².